The number of esters is 1. The van der Waals surface area contributed by atoms with Gasteiger partial charge < -0.3 is 24.4 Å². The van der Waals surface area contributed by atoms with Gasteiger partial charge in [0.25, 0.3) is 0 Å². The summed E-state index contributed by atoms with van der Waals surface area (Å²) in [6.07, 6.45) is 1.82. The summed E-state index contributed by atoms with van der Waals surface area (Å²) in [4.78, 5) is 21.1. The van der Waals surface area contributed by atoms with Crippen LogP contribution in [0.25, 0.3) is 0 Å². The fraction of sp³-hybridized carbons (Fsp3) is 0.652. The van der Waals surface area contributed by atoms with Crippen molar-refractivity contribution in [3.63, 3.8) is 0 Å². The van der Waals surface area contributed by atoms with E-state index in [1.54, 1.807) is 7.05 Å². The molecule has 0 amide bonds. The van der Waals surface area contributed by atoms with Gasteiger partial charge in [0.1, 0.15) is 12.4 Å². The molecule has 2 saturated heterocycles. The molecular formula is C23H36N4O4. The van der Waals surface area contributed by atoms with Gasteiger partial charge in [0.2, 0.25) is 0 Å². The lowest BCUT2D eigenvalue weighted by Gasteiger charge is -2.34. The number of nitrogens with zero attached hydrogens (tertiary/aromatic N) is 3. The fourth-order valence-electron chi connectivity index (χ4n) is 4.03. The highest BCUT2D eigenvalue weighted by Crippen LogP contribution is 2.20. The Morgan fingerprint density at radius 3 is 2.84 bits per heavy atom. The van der Waals surface area contributed by atoms with Gasteiger partial charge in [-0.2, -0.15) is 0 Å². The van der Waals surface area contributed by atoms with Crippen LogP contribution in [-0.2, 0) is 20.8 Å². The van der Waals surface area contributed by atoms with Crippen molar-refractivity contribution >= 4 is 11.9 Å². The van der Waals surface area contributed by atoms with Gasteiger partial charge in [-0.1, -0.05) is 18.2 Å². The maximum absolute atomic E-state index is 12.2. The molecule has 1 aromatic carbocycles. The van der Waals surface area contributed by atoms with E-state index in [4.69, 9.17) is 14.2 Å². The smallest absolute Gasteiger partial charge is 0.310 e. The molecule has 0 saturated carbocycles. The van der Waals surface area contributed by atoms with Crippen molar-refractivity contribution in [1.82, 2.24) is 15.1 Å². The van der Waals surface area contributed by atoms with Crippen LogP contribution in [0.1, 0.15) is 25.3 Å². The molecule has 31 heavy (non-hydrogen) atoms. The van der Waals surface area contributed by atoms with E-state index in [9.17, 15) is 4.79 Å². The molecule has 3 rings (SSSR count). The summed E-state index contributed by atoms with van der Waals surface area (Å²) in [6.45, 7) is 9.47. The Morgan fingerprint density at radius 2 is 2.06 bits per heavy atom. The van der Waals surface area contributed by atoms with Crippen LogP contribution in [0.15, 0.2) is 29.3 Å². The van der Waals surface area contributed by atoms with Crippen LogP contribution in [0.2, 0.25) is 0 Å². The average molecular weight is 433 g/mol. The number of hydrogen-bond acceptors (Lipinski definition) is 6. The first-order valence-corrected chi connectivity index (χ1v) is 11.3. The first kappa shape index (κ1) is 23.3. The number of morpholine rings is 1. The molecule has 1 unspecified atom stereocenters. The lowest BCUT2D eigenvalue weighted by molar-refractivity contribution is -0.149. The Kier molecular flexibility index (Phi) is 9.42. The van der Waals surface area contributed by atoms with Gasteiger partial charge >= 0.3 is 5.97 Å². The van der Waals surface area contributed by atoms with E-state index >= 15 is 0 Å². The van der Waals surface area contributed by atoms with E-state index in [1.165, 1.54) is 0 Å². The number of benzene rings is 1. The first-order chi connectivity index (χ1) is 15.2. The summed E-state index contributed by atoms with van der Waals surface area (Å²) in [7, 11) is 1.78. The van der Waals surface area contributed by atoms with Crippen molar-refractivity contribution in [1.29, 1.82) is 0 Å². The second kappa shape index (κ2) is 12.5. The van der Waals surface area contributed by atoms with Gasteiger partial charge in [-0.3, -0.25) is 14.7 Å². The summed E-state index contributed by atoms with van der Waals surface area (Å²) in [6, 6.07) is 8.10. The average Bonchev–Trinajstić information content (AvgIpc) is 2.81. The third-order valence-corrected chi connectivity index (χ3v) is 5.73. The van der Waals surface area contributed by atoms with Crippen LogP contribution >= 0.6 is 0 Å². The van der Waals surface area contributed by atoms with Crippen LogP contribution in [0.4, 0.5) is 0 Å². The minimum absolute atomic E-state index is 0.0944. The number of hydrogen-bond donors (Lipinski definition) is 1. The van der Waals surface area contributed by atoms with Gasteiger partial charge in [0.15, 0.2) is 5.96 Å². The van der Waals surface area contributed by atoms with Gasteiger partial charge in [0.05, 0.1) is 25.7 Å². The fourth-order valence-corrected chi connectivity index (χ4v) is 4.03. The number of rotatable bonds is 8. The van der Waals surface area contributed by atoms with Crippen molar-refractivity contribution < 1.29 is 19.0 Å². The number of carbonyl (C=O) groups excluding carboxylic acids is 1. The summed E-state index contributed by atoms with van der Waals surface area (Å²) >= 11 is 0. The lowest BCUT2D eigenvalue weighted by Crippen LogP contribution is -2.48. The molecule has 0 aliphatic carbocycles. The molecule has 0 spiro atoms. The SMILES string of the molecule is CCOC(=O)C1CCCN(C(=NC)NCc2ccccc2OCCN2CCOCC2)C1. The monoisotopic (exact) mass is 432 g/mol. The minimum Gasteiger partial charge on any atom is -0.492 e. The van der Waals surface area contributed by atoms with Gasteiger partial charge in [0, 0.05) is 51.9 Å². The van der Waals surface area contributed by atoms with E-state index in [1.807, 2.05) is 25.1 Å². The Balaban J connectivity index is 1.51. The van der Waals surface area contributed by atoms with Crippen molar-refractivity contribution in [2.24, 2.45) is 10.9 Å². The maximum atomic E-state index is 12.2. The zero-order valence-corrected chi connectivity index (χ0v) is 18.8. The molecule has 2 aliphatic rings. The summed E-state index contributed by atoms with van der Waals surface area (Å²) < 4.78 is 16.7. The van der Waals surface area contributed by atoms with Crippen molar-refractivity contribution in [2.45, 2.75) is 26.3 Å². The largest absolute Gasteiger partial charge is 0.492 e. The Labute approximate surface area is 185 Å². The molecular weight excluding hydrogens is 396 g/mol. The molecule has 8 heteroatoms. The van der Waals surface area contributed by atoms with E-state index in [0.717, 1.165) is 69.5 Å². The van der Waals surface area contributed by atoms with Crippen molar-refractivity contribution in [3.8, 4) is 5.75 Å². The Hall–Kier alpha value is -2.32. The number of guanidine groups is 1. The second-order valence-electron chi connectivity index (χ2n) is 7.85. The molecule has 172 valence electrons. The molecule has 2 aliphatic heterocycles. The van der Waals surface area contributed by atoms with E-state index in [2.05, 4.69) is 26.2 Å². The number of nitrogens with one attached hydrogen (secondary N) is 1. The van der Waals surface area contributed by atoms with Crippen LogP contribution in [0.5, 0.6) is 5.75 Å². The molecule has 2 fully saturated rings. The third-order valence-electron chi connectivity index (χ3n) is 5.73. The normalized spacial score (nSPS) is 20.4. The number of piperidine rings is 1. The topological polar surface area (TPSA) is 75.6 Å². The highest BCUT2D eigenvalue weighted by molar-refractivity contribution is 5.81. The van der Waals surface area contributed by atoms with Crippen LogP contribution in [0, 0.1) is 5.92 Å². The van der Waals surface area contributed by atoms with E-state index < -0.39 is 0 Å². The number of likely N-dealkylation sites (tertiary alicyclic amines) is 1. The van der Waals surface area contributed by atoms with E-state index in [0.29, 0.717) is 26.3 Å². The molecule has 1 N–H and O–H groups in total. The number of ether oxygens (including phenoxy) is 3. The molecule has 0 radical (unpaired) electrons. The second-order valence-corrected chi connectivity index (χ2v) is 7.85. The first-order valence-electron chi connectivity index (χ1n) is 11.3. The zero-order valence-electron chi connectivity index (χ0n) is 18.8. The predicted octanol–water partition coefficient (Wildman–Crippen LogP) is 1.75. The molecule has 1 atom stereocenters. The molecule has 2 heterocycles. The standard InChI is InChI=1S/C23H36N4O4/c1-3-30-22(28)20-8-6-10-27(18-20)23(24-2)25-17-19-7-4-5-9-21(19)31-16-13-26-11-14-29-15-12-26/h4-5,7,9,20H,3,6,8,10-18H2,1-2H3,(H,24,25). The Bertz CT molecular complexity index is 721. The molecule has 0 aromatic heterocycles. The van der Waals surface area contributed by atoms with Crippen LogP contribution in [0.3, 0.4) is 0 Å². The van der Waals surface area contributed by atoms with Crippen LogP contribution in [-0.4, -0.2) is 87.9 Å². The van der Waals surface area contributed by atoms with Gasteiger partial charge in [-0.25, -0.2) is 0 Å². The summed E-state index contributed by atoms with van der Waals surface area (Å²) in [5.74, 6) is 1.49. The van der Waals surface area contributed by atoms with Gasteiger partial charge in [-0.05, 0) is 25.8 Å². The summed E-state index contributed by atoms with van der Waals surface area (Å²) in [5.41, 5.74) is 1.09. The van der Waals surface area contributed by atoms with Crippen LogP contribution < -0.4 is 10.1 Å². The Morgan fingerprint density at radius 1 is 1.26 bits per heavy atom. The number of para-hydroxylation sites is 1. The molecule has 0 bridgehead atoms. The van der Waals surface area contributed by atoms with Gasteiger partial charge in [-0.15, -0.1) is 0 Å². The highest BCUT2D eigenvalue weighted by atomic mass is 16.5. The maximum Gasteiger partial charge on any atom is 0.310 e. The summed E-state index contributed by atoms with van der Waals surface area (Å²) in [5, 5.41) is 3.44. The van der Waals surface area contributed by atoms with Crippen molar-refractivity contribution in [3.05, 3.63) is 29.8 Å². The molecule has 1 aromatic rings. The number of carbonyl (C=O) groups is 1. The number of aliphatic imine (C=N–C) groups is 1. The molecule has 8 nitrogen and oxygen atoms in total. The highest BCUT2D eigenvalue weighted by Gasteiger charge is 2.28. The van der Waals surface area contributed by atoms with E-state index in [-0.39, 0.29) is 11.9 Å². The minimum atomic E-state index is -0.110. The van der Waals surface area contributed by atoms with Crippen molar-refractivity contribution in [2.75, 3.05) is 66.2 Å². The third kappa shape index (κ3) is 7.11. The lowest BCUT2D eigenvalue weighted by atomic mass is 9.98. The zero-order chi connectivity index (χ0) is 21.9. The predicted molar refractivity (Wildman–Crippen MR) is 120 cm³/mol. The quantitative estimate of drug-likeness (QED) is 0.381.